The maximum atomic E-state index is 5.96. The highest BCUT2D eigenvalue weighted by Crippen LogP contribution is 2.31. The molecule has 0 saturated carbocycles. The number of benzene rings is 2. The molecule has 2 aromatic carbocycles. The lowest BCUT2D eigenvalue weighted by molar-refractivity contribution is 0.284. The Morgan fingerprint density at radius 1 is 1.12 bits per heavy atom. The van der Waals surface area contributed by atoms with E-state index in [4.69, 9.17) is 21.1 Å². The molecule has 122 valence electrons. The van der Waals surface area contributed by atoms with E-state index in [1.165, 1.54) is 17.3 Å². The Balaban J connectivity index is 1.83. The maximum Gasteiger partial charge on any atom is 0.170 e. The summed E-state index contributed by atoms with van der Waals surface area (Å²) in [6.07, 6.45) is 4.68. The number of hydrogen-bond acceptors (Lipinski definition) is 5. The van der Waals surface area contributed by atoms with Crippen LogP contribution in [0, 0.1) is 0 Å². The molecule has 0 unspecified atom stereocenters. The molecule has 0 atom stereocenters. The summed E-state index contributed by atoms with van der Waals surface area (Å²) < 4.78 is 12.8. The van der Waals surface area contributed by atoms with Crippen LogP contribution in [0.1, 0.15) is 11.1 Å². The van der Waals surface area contributed by atoms with Crippen molar-refractivity contribution in [2.24, 2.45) is 5.10 Å². The van der Waals surface area contributed by atoms with Gasteiger partial charge in [-0.2, -0.15) is 5.10 Å². The Morgan fingerprint density at radius 3 is 2.58 bits per heavy atom. The van der Waals surface area contributed by atoms with Crippen LogP contribution in [0.5, 0.6) is 11.5 Å². The fourth-order valence-corrected chi connectivity index (χ4v) is 2.20. The number of halogens is 1. The molecule has 3 aromatic rings. The first kappa shape index (κ1) is 16.0. The summed E-state index contributed by atoms with van der Waals surface area (Å²) in [5.74, 6) is 1.25. The van der Waals surface area contributed by atoms with Gasteiger partial charge in [-0.25, -0.2) is 4.68 Å². The van der Waals surface area contributed by atoms with Crippen molar-refractivity contribution >= 4 is 17.8 Å². The molecule has 0 aliphatic rings. The molecule has 0 radical (unpaired) electrons. The first-order valence-electron chi connectivity index (χ1n) is 7.19. The number of rotatable bonds is 6. The third-order valence-corrected chi connectivity index (χ3v) is 3.51. The van der Waals surface area contributed by atoms with E-state index in [1.807, 2.05) is 42.5 Å². The molecule has 0 aliphatic heterocycles. The second-order valence-electron chi connectivity index (χ2n) is 4.88. The van der Waals surface area contributed by atoms with Crippen molar-refractivity contribution in [3.05, 3.63) is 71.3 Å². The summed E-state index contributed by atoms with van der Waals surface area (Å²) in [4.78, 5) is 0. The van der Waals surface area contributed by atoms with E-state index < -0.39 is 0 Å². The minimum absolute atomic E-state index is 0.394. The Morgan fingerprint density at radius 2 is 1.88 bits per heavy atom. The lowest BCUT2D eigenvalue weighted by Crippen LogP contribution is -2.01. The Bertz CT molecular complexity index is 817. The normalized spacial score (nSPS) is 10.9. The van der Waals surface area contributed by atoms with Crippen LogP contribution in [0.4, 0.5) is 0 Å². The molecule has 0 bridgehead atoms. The number of methoxy groups -OCH3 is 1. The van der Waals surface area contributed by atoms with E-state index in [1.54, 1.807) is 13.3 Å². The first-order valence-corrected chi connectivity index (χ1v) is 7.57. The van der Waals surface area contributed by atoms with Crippen LogP contribution in [-0.4, -0.2) is 28.2 Å². The number of nitrogens with zero attached hydrogens (tertiary/aromatic N) is 4. The molecule has 0 amide bonds. The van der Waals surface area contributed by atoms with Crippen molar-refractivity contribution in [1.29, 1.82) is 0 Å². The van der Waals surface area contributed by atoms with Gasteiger partial charge in [-0.05, 0) is 29.8 Å². The van der Waals surface area contributed by atoms with Crippen LogP contribution in [-0.2, 0) is 6.61 Å². The molecular weight excluding hydrogens is 328 g/mol. The van der Waals surface area contributed by atoms with Gasteiger partial charge in [0.1, 0.15) is 19.3 Å². The smallest absolute Gasteiger partial charge is 0.170 e. The molecule has 3 rings (SSSR count). The summed E-state index contributed by atoms with van der Waals surface area (Å²) in [5.41, 5.74) is 1.80. The van der Waals surface area contributed by atoms with Crippen LogP contribution in [0.3, 0.4) is 0 Å². The van der Waals surface area contributed by atoms with Crippen LogP contribution >= 0.6 is 11.6 Å². The molecule has 1 heterocycles. The average Bonchev–Trinajstić information content (AvgIpc) is 3.13. The zero-order chi connectivity index (χ0) is 16.8. The Labute approximate surface area is 144 Å². The summed E-state index contributed by atoms with van der Waals surface area (Å²) in [7, 11) is 1.60. The summed E-state index contributed by atoms with van der Waals surface area (Å²) >= 11 is 5.90. The van der Waals surface area contributed by atoms with Gasteiger partial charge in [-0.3, -0.25) is 0 Å². The Hall–Kier alpha value is -2.86. The van der Waals surface area contributed by atoms with Crippen molar-refractivity contribution in [1.82, 2.24) is 14.9 Å². The lowest BCUT2D eigenvalue weighted by atomic mass is 10.2. The SMILES string of the molecule is COc1cccc(/C=N/n2cnnc2)c1OCc1ccc(Cl)cc1. The Kier molecular flexibility index (Phi) is 5.08. The fourth-order valence-electron chi connectivity index (χ4n) is 2.07. The first-order chi connectivity index (χ1) is 11.8. The molecule has 0 spiro atoms. The van der Waals surface area contributed by atoms with Gasteiger partial charge in [0.15, 0.2) is 11.5 Å². The van der Waals surface area contributed by atoms with Gasteiger partial charge in [0.25, 0.3) is 0 Å². The molecular formula is C17H15ClN4O2. The van der Waals surface area contributed by atoms with Crippen LogP contribution in [0.25, 0.3) is 0 Å². The molecule has 0 fully saturated rings. The van der Waals surface area contributed by atoms with Gasteiger partial charge in [-0.15, -0.1) is 10.2 Å². The topological polar surface area (TPSA) is 61.5 Å². The summed E-state index contributed by atoms with van der Waals surface area (Å²) in [6, 6.07) is 13.1. The molecule has 1 aromatic heterocycles. The molecule has 0 aliphatic carbocycles. The second-order valence-corrected chi connectivity index (χ2v) is 5.32. The molecule has 6 nitrogen and oxygen atoms in total. The van der Waals surface area contributed by atoms with Crippen LogP contribution in [0.15, 0.2) is 60.2 Å². The number of aromatic nitrogens is 3. The van der Waals surface area contributed by atoms with Crippen LogP contribution < -0.4 is 9.47 Å². The van der Waals surface area contributed by atoms with Crippen molar-refractivity contribution in [3.63, 3.8) is 0 Å². The van der Waals surface area contributed by atoms with E-state index in [-0.39, 0.29) is 0 Å². The fraction of sp³-hybridized carbons (Fsp3) is 0.118. The lowest BCUT2D eigenvalue weighted by Gasteiger charge is -2.13. The van der Waals surface area contributed by atoms with E-state index in [0.717, 1.165) is 11.1 Å². The van der Waals surface area contributed by atoms with Gasteiger partial charge in [0.2, 0.25) is 0 Å². The van der Waals surface area contributed by atoms with Gasteiger partial charge in [0.05, 0.1) is 13.3 Å². The van der Waals surface area contributed by atoms with Gasteiger partial charge in [-0.1, -0.05) is 29.8 Å². The quantitative estimate of drug-likeness (QED) is 0.644. The van der Waals surface area contributed by atoms with E-state index >= 15 is 0 Å². The van der Waals surface area contributed by atoms with Gasteiger partial charge in [0, 0.05) is 10.6 Å². The van der Waals surface area contributed by atoms with Crippen molar-refractivity contribution < 1.29 is 9.47 Å². The monoisotopic (exact) mass is 342 g/mol. The molecule has 0 saturated heterocycles. The second kappa shape index (κ2) is 7.61. The standard InChI is InChI=1S/C17H15ClN4O2/c1-23-16-4-2-3-14(9-21-22-11-19-20-12-22)17(16)24-10-13-5-7-15(18)8-6-13/h2-9,11-12H,10H2,1H3/b21-9+. The predicted molar refractivity (Wildman–Crippen MR) is 91.8 cm³/mol. The molecule has 7 heteroatoms. The van der Waals surface area contributed by atoms with Crippen molar-refractivity contribution in [2.45, 2.75) is 6.61 Å². The zero-order valence-electron chi connectivity index (χ0n) is 13.0. The maximum absolute atomic E-state index is 5.96. The van der Waals surface area contributed by atoms with Crippen LogP contribution in [0.2, 0.25) is 5.02 Å². The minimum Gasteiger partial charge on any atom is -0.493 e. The van der Waals surface area contributed by atoms with Crippen molar-refractivity contribution in [2.75, 3.05) is 7.11 Å². The summed E-state index contributed by atoms with van der Waals surface area (Å²) in [5, 5.41) is 12.4. The minimum atomic E-state index is 0.394. The zero-order valence-corrected chi connectivity index (χ0v) is 13.7. The number of ether oxygens (including phenoxy) is 2. The van der Waals surface area contributed by atoms with E-state index in [9.17, 15) is 0 Å². The highest BCUT2D eigenvalue weighted by atomic mass is 35.5. The number of hydrogen-bond donors (Lipinski definition) is 0. The summed E-state index contributed by atoms with van der Waals surface area (Å²) in [6.45, 7) is 0.394. The highest BCUT2D eigenvalue weighted by Gasteiger charge is 2.09. The number of para-hydroxylation sites is 1. The average molecular weight is 343 g/mol. The third-order valence-electron chi connectivity index (χ3n) is 3.26. The predicted octanol–water partition coefficient (Wildman–Crippen LogP) is 3.40. The van der Waals surface area contributed by atoms with E-state index in [2.05, 4.69) is 15.3 Å². The highest BCUT2D eigenvalue weighted by molar-refractivity contribution is 6.30. The van der Waals surface area contributed by atoms with E-state index in [0.29, 0.717) is 23.1 Å². The van der Waals surface area contributed by atoms with Crippen molar-refractivity contribution in [3.8, 4) is 11.5 Å². The largest absolute Gasteiger partial charge is 0.493 e. The molecule has 24 heavy (non-hydrogen) atoms. The van der Waals surface area contributed by atoms with Gasteiger partial charge >= 0.3 is 0 Å². The third kappa shape index (κ3) is 3.91. The molecule has 0 N–H and O–H groups in total. The van der Waals surface area contributed by atoms with Gasteiger partial charge < -0.3 is 9.47 Å².